The van der Waals surface area contributed by atoms with E-state index in [1.165, 1.54) is 12.3 Å². The number of amides is 1. The zero-order valence-corrected chi connectivity index (χ0v) is 12.1. The third kappa shape index (κ3) is 4.21. The lowest BCUT2D eigenvalue weighted by Gasteiger charge is -2.13. The van der Waals surface area contributed by atoms with Crippen LogP contribution in [0.4, 0.5) is 5.69 Å². The summed E-state index contributed by atoms with van der Waals surface area (Å²) in [5.74, 6) is 0.660. The minimum absolute atomic E-state index is 0.303. The Balaban J connectivity index is 2.15. The molecular weight excluding hydrogens is 268 g/mol. The van der Waals surface area contributed by atoms with Gasteiger partial charge in [0.25, 0.3) is 5.91 Å². The molecule has 2 rings (SSSR count). The average molecular weight is 286 g/mol. The van der Waals surface area contributed by atoms with Crippen molar-refractivity contribution in [1.82, 2.24) is 4.98 Å². The number of ether oxygens (including phenoxy) is 1. The summed E-state index contributed by atoms with van der Waals surface area (Å²) in [6, 6.07) is 10.0. The number of H-pyrrole nitrogens is 1. The Labute approximate surface area is 123 Å². The smallest absolute Gasteiger partial charge is 0.256 e. The molecule has 21 heavy (non-hydrogen) atoms. The van der Waals surface area contributed by atoms with Gasteiger partial charge in [-0.25, -0.2) is 0 Å². The maximum absolute atomic E-state index is 12.1. The van der Waals surface area contributed by atoms with Gasteiger partial charge in [0, 0.05) is 17.8 Å². The van der Waals surface area contributed by atoms with Gasteiger partial charge in [-0.05, 0) is 24.1 Å². The molecule has 0 fully saturated rings. The third-order valence-corrected chi connectivity index (χ3v) is 2.74. The number of pyridine rings is 1. The highest BCUT2D eigenvalue weighted by Crippen LogP contribution is 2.24. The minimum Gasteiger partial charge on any atom is -0.491 e. The van der Waals surface area contributed by atoms with Gasteiger partial charge >= 0.3 is 0 Å². The Morgan fingerprint density at radius 3 is 2.76 bits per heavy atom. The largest absolute Gasteiger partial charge is 0.491 e. The van der Waals surface area contributed by atoms with Gasteiger partial charge in [-0.2, -0.15) is 0 Å². The SMILES string of the molecule is CC(C)COc1ccccc1NC(=O)c1cc[nH]c(=O)c1. The summed E-state index contributed by atoms with van der Waals surface area (Å²) in [5, 5.41) is 2.76. The van der Waals surface area contributed by atoms with E-state index in [0.717, 1.165) is 0 Å². The van der Waals surface area contributed by atoms with E-state index in [9.17, 15) is 9.59 Å². The number of aromatic amines is 1. The van der Waals surface area contributed by atoms with E-state index in [2.05, 4.69) is 24.1 Å². The molecule has 0 saturated carbocycles. The first-order valence-corrected chi connectivity index (χ1v) is 6.78. The molecule has 0 aliphatic heterocycles. The summed E-state index contributed by atoms with van der Waals surface area (Å²) in [4.78, 5) is 25.8. The second kappa shape index (κ2) is 6.74. The summed E-state index contributed by atoms with van der Waals surface area (Å²) >= 11 is 0. The molecule has 0 aliphatic carbocycles. The fourth-order valence-corrected chi connectivity index (χ4v) is 1.73. The van der Waals surface area contributed by atoms with Crippen LogP contribution in [-0.2, 0) is 0 Å². The van der Waals surface area contributed by atoms with Crippen molar-refractivity contribution in [2.75, 3.05) is 11.9 Å². The summed E-state index contributed by atoms with van der Waals surface area (Å²) in [5.41, 5.74) is 0.577. The van der Waals surface area contributed by atoms with Gasteiger partial charge in [0.05, 0.1) is 12.3 Å². The van der Waals surface area contributed by atoms with E-state index in [4.69, 9.17) is 4.74 Å². The van der Waals surface area contributed by atoms with Gasteiger partial charge in [-0.15, -0.1) is 0 Å². The molecule has 2 aromatic rings. The quantitative estimate of drug-likeness (QED) is 0.887. The molecule has 0 spiro atoms. The maximum atomic E-state index is 12.1. The molecular formula is C16H18N2O3. The number of carbonyl (C=O) groups excluding carboxylic acids is 1. The summed E-state index contributed by atoms with van der Waals surface area (Å²) < 4.78 is 5.68. The minimum atomic E-state index is -0.346. The fraction of sp³-hybridized carbons (Fsp3) is 0.250. The van der Waals surface area contributed by atoms with Crippen molar-refractivity contribution in [3.63, 3.8) is 0 Å². The standard InChI is InChI=1S/C16H18N2O3/c1-11(2)10-21-14-6-4-3-5-13(14)18-16(20)12-7-8-17-15(19)9-12/h3-9,11H,10H2,1-2H3,(H,17,19)(H,18,20). The number of nitrogens with one attached hydrogen (secondary N) is 2. The first-order chi connectivity index (χ1) is 10.1. The predicted molar refractivity (Wildman–Crippen MR) is 81.8 cm³/mol. The number of anilines is 1. The molecule has 0 saturated heterocycles. The van der Waals surface area contributed by atoms with Crippen LogP contribution in [0.5, 0.6) is 5.75 Å². The lowest BCUT2D eigenvalue weighted by Crippen LogP contribution is -2.16. The van der Waals surface area contributed by atoms with Crippen LogP contribution in [0, 0.1) is 5.92 Å². The predicted octanol–water partition coefficient (Wildman–Crippen LogP) is 2.66. The molecule has 5 nitrogen and oxygen atoms in total. The molecule has 2 N–H and O–H groups in total. The molecule has 0 aliphatic rings. The van der Waals surface area contributed by atoms with E-state index in [-0.39, 0.29) is 11.5 Å². The van der Waals surface area contributed by atoms with Gasteiger partial charge in [-0.3, -0.25) is 9.59 Å². The van der Waals surface area contributed by atoms with Crippen LogP contribution in [0.25, 0.3) is 0 Å². The topological polar surface area (TPSA) is 71.2 Å². The van der Waals surface area contributed by atoms with Crippen molar-refractivity contribution < 1.29 is 9.53 Å². The zero-order chi connectivity index (χ0) is 15.2. The van der Waals surface area contributed by atoms with Crippen molar-refractivity contribution >= 4 is 11.6 Å². The number of carbonyl (C=O) groups is 1. The lowest BCUT2D eigenvalue weighted by atomic mass is 10.2. The molecule has 0 unspecified atom stereocenters. The summed E-state index contributed by atoms with van der Waals surface area (Å²) in [7, 11) is 0. The highest BCUT2D eigenvalue weighted by atomic mass is 16.5. The third-order valence-electron chi connectivity index (χ3n) is 2.74. The number of rotatable bonds is 5. The number of para-hydroxylation sites is 2. The monoisotopic (exact) mass is 286 g/mol. The van der Waals surface area contributed by atoms with E-state index in [1.54, 1.807) is 18.2 Å². The van der Waals surface area contributed by atoms with Crippen LogP contribution in [0.1, 0.15) is 24.2 Å². The molecule has 5 heteroatoms. The van der Waals surface area contributed by atoms with Crippen molar-refractivity contribution in [2.45, 2.75) is 13.8 Å². The molecule has 0 bridgehead atoms. The van der Waals surface area contributed by atoms with Gasteiger partial charge in [0.2, 0.25) is 5.56 Å². The van der Waals surface area contributed by atoms with Crippen molar-refractivity contribution in [1.29, 1.82) is 0 Å². The Morgan fingerprint density at radius 2 is 2.05 bits per heavy atom. The first kappa shape index (κ1) is 14.8. The highest BCUT2D eigenvalue weighted by Gasteiger charge is 2.10. The van der Waals surface area contributed by atoms with E-state index in [1.807, 2.05) is 12.1 Å². The van der Waals surface area contributed by atoms with E-state index in [0.29, 0.717) is 29.5 Å². The van der Waals surface area contributed by atoms with Gasteiger partial charge < -0.3 is 15.0 Å². The van der Waals surface area contributed by atoms with Crippen LogP contribution in [0.2, 0.25) is 0 Å². The highest BCUT2D eigenvalue weighted by molar-refractivity contribution is 6.04. The van der Waals surface area contributed by atoms with Gasteiger partial charge in [-0.1, -0.05) is 26.0 Å². The van der Waals surface area contributed by atoms with Gasteiger partial charge in [0.15, 0.2) is 0 Å². The van der Waals surface area contributed by atoms with Gasteiger partial charge in [0.1, 0.15) is 5.75 Å². The molecule has 0 radical (unpaired) electrons. The molecule has 0 atom stereocenters. The Morgan fingerprint density at radius 1 is 1.29 bits per heavy atom. The molecule has 1 amide bonds. The van der Waals surface area contributed by atoms with Crippen molar-refractivity contribution in [2.24, 2.45) is 5.92 Å². The van der Waals surface area contributed by atoms with Crippen LogP contribution < -0.4 is 15.6 Å². The first-order valence-electron chi connectivity index (χ1n) is 6.78. The van der Waals surface area contributed by atoms with Crippen LogP contribution in [0.15, 0.2) is 47.4 Å². The molecule has 1 heterocycles. The number of benzene rings is 1. The zero-order valence-electron chi connectivity index (χ0n) is 12.1. The van der Waals surface area contributed by atoms with E-state index < -0.39 is 0 Å². The number of hydrogen-bond acceptors (Lipinski definition) is 3. The second-order valence-corrected chi connectivity index (χ2v) is 5.10. The fourth-order valence-electron chi connectivity index (χ4n) is 1.73. The normalized spacial score (nSPS) is 10.4. The summed E-state index contributed by atoms with van der Waals surface area (Å²) in [6.07, 6.45) is 1.44. The van der Waals surface area contributed by atoms with Crippen molar-refractivity contribution in [3.8, 4) is 5.75 Å². The molecule has 1 aromatic heterocycles. The van der Waals surface area contributed by atoms with Crippen LogP contribution >= 0.6 is 0 Å². The Bertz CT molecular complexity index is 677. The number of hydrogen-bond donors (Lipinski definition) is 2. The lowest BCUT2D eigenvalue weighted by molar-refractivity contribution is 0.102. The number of aromatic nitrogens is 1. The molecule has 110 valence electrons. The van der Waals surface area contributed by atoms with Crippen molar-refractivity contribution in [3.05, 3.63) is 58.5 Å². The Hall–Kier alpha value is -2.56. The van der Waals surface area contributed by atoms with E-state index >= 15 is 0 Å². The maximum Gasteiger partial charge on any atom is 0.256 e. The van der Waals surface area contributed by atoms with Crippen LogP contribution in [-0.4, -0.2) is 17.5 Å². The summed E-state index contributed by atoms with van der Waals surface area (Å²) in [6.45, 7) is 4.67. The second-order valence-electron chi connectivity index (χ2n) is 5.10. The average Bonchev–Trinajstić information content (AvgIpc) is 2.46. The Kier molecular flexibility index (Phi) is 4.77. The molecule has 1 aromatic carbocycles. The van der Waals surface area contributed by atoms with Crippen LogP contribution in [0.3, 0.4) is 0 Å².